The van der Waals surface area contributed by atoms with Crippen LogP contribution >= 0.6 is 0 Å². The molecule has 3 nitrogen and oxygen atoms in total. The average molecular weight is 257 g/mol. The zero-order chi connectivity index (χ0) is 13.3. The summed E-state index contributed by atoms with van der Waals surface area (Å²) >= 11 is 0. The first-order valence-corrected chi connectivity index (χ1v) is 6.86. The third-order valence-electron chi connectivity index (χ3n) is 4.36. The van der Waals surface area contributed by atoms with Gasteiger partial charge in [-0.3, -0.25) is 4.79 Å². The molecule has 0 radical (unpaired) electrons. The monoisotopic (exact) mass is 257 g/mol. The van der Waals surface area contributed by atoms with E-state index in [9.17, 15) is 4.79 Å². The van der Waals surface area contributed by atoms with Gasteiger partial charge >= 0.3 is 0 Å². The van der Waals surface area contributed by atoms with Gasteiger partial charge in [-0.05, 0) is 49.9 Å². The largest absolute Gasteiger partial charge is 0.497 e. The van der Waals surface area contributed by atoms with Crippen LogP contribution in [0.3, 0.4) is 0 Å². The summed E-state index contributed by atoms with van der Waals surface area (Å²) in [6.07, 6.45) is 8.26. The van der Waals surface area contributed by atoms with Gasteiger partial charge in [0.1, 0.15) is 5.75 Å². The molecule has 1 aliphatic carbocycles. The molecule has 2 aliphatic rings. The number of hydrogen-bond acceptors (Lipinski definition) is 2. The maximum atomic E-state index is 12.7. The van der Waals surface area contributed by atoms with Crippen molar-refractivity contribution in [2.24, 2.45) is 5.41 Å². The van der Waals surface area contributed by atoms with E-state index in [1.54, 1.807) is 7.11 Å². The summed E-state index contributed by atoms with van der Waals surface area (Å²) in [5.41, 5.74) is 0.853. The molecule has 19 heavy (non-hydrogen) atoms. The summed E-state index contributed by atoms with van der Waals surface area (Å²) in [5, 5.41) is 0. The lowest BCUT2D eigenvalue weighted by Gasteiger charge is -2.28. The second-order valence-electron chi connectivity index (χ2n) is 5.40. The number of benzene rings is 1. The van der Waals surface area contributed by atoms with Crippen LogP contribution in [0.5, 0.6) is 5.75 Å². The molecule has 1 spiro atoms. The van der Waals surface area contributed by atoms with E-state index in [0.717, 1.165) is 43.7 Å². The molecule has 1 fully saturated rings. The van der Waals surface area contributed by atoms with Gasteiger partial charge in [-0.25, -0.2) is 0 Å². The van der Waals surface area contributed by atoms with Crippen molar-refractivity contribution in [3.63, 3.8) is 0 Å². The minimum Gasteiger partial charge on any atom is -0.497 e. The highest BCUT2D eigenvalue weighted by Gasteiger charge is 2.46. The quantitative estimate of drug-likeness (QED) is 0.762. The van der Waals surface area contributed by atoms with Crippen LogP contribution in [0.2, 0.25) is 0 Å². The Labute approximate surface area is 113 Å². The first kappa shape index (κ1) is 12.3. The van der Waals surface area contributed by atoms with Crippen LogP contribution < -0.4 is 9.64 Å². The normalized spacial score (nSPS) is 26.2. The maximum Gasteiger partial charge on any atom is 0.233 e. The van der Waals surface area contributed by atoms with Crippen LogP contribution in [0, 0.1) is 5.41 Å². The van der Waals surface area contributed by atoms with Crippen molar-refractivity contribution in [3.8, 4) is 5.75 Å². The number of carbonyl (C=O) groups excluding carboxylic acids is 1. The number of methoxy groups -OCH3 is 1. The van der Waals surface area contributed by atoms with E-state index < -0.39 is 0 Å². The lowest BCUT2D eigenvalue weighted by Crippen LogP contribution is -2.35. The first-order valence-electron chi connectivity index (χ1n) is 6.86. The molecule has 1 saturated heterocycles. The minimum absolute atomic E-state index is 0.130. The number of carbonyl (C=O) groups is 1. The van der Waals surface area contributed by atoms with Crippen molar-refractivity contribution >= 4 is 11.6 Å². The van der Waals surface area contributed by atoms with Gasteiger partial charge in [0.15, 0.2) is 0 Å². The lowest BCUT2D eigenvalue weighted by atomic mass is 9.76. The number of anilines is 1. The van der Waals surface area contributed by atoms with Crippen LogP contribution in [0.1, 0.15) is 25.7 Å². The molecule has 1 heterocycles. The second-order valence-corrected chi connectivity index (χ2v) is 5.40. The summed E-state index contributed by atoms with van der Waals surface area (Å²) in [6.45, 7) is 0.832. The van der Waals surface area contributed by atoms with Crippen molar-refractivity contribution in [3.05, 3.63) is 36.4 Å². The van der Waals surface area contributed by atoms with Gasteiger partial charge in [-0.1, -0.05) is 12.2 Å². The van der Waals surface area contributed by atoms with Gasteiger partial charge in [0.25, 0.3) is 0 Å². The van der Waals surface area contributed by atoms with Gasteiger partial charge in [0.2, 0.25) is 5.91 Å². The van der Waals surface area contributed by atoms with Crippen LogP contribution in [-0.2, 0) is 4.79 Å². The molecule has 0 N–H and O–H groups in total. The molecule has 1 amide bonds. The summed E-state index contributed by atoms with van der Waals surface area (Å²) in [6, 6.07) is 7.76. The third-order valence-corrected chi connectivity index (χ3v) is 4.36. The highest BCUT2D eigenvalue weighted by molar-refractivity contribution is 6.00. The number of amides is 1. The topological polar surface area (TPSA) is 29.5 Å². The molecule has 0 bridgehead atoms. The molecule has 100 valence electrons. The first-order chi connectivity index (χ1) is 9.25. The van der Waals surface area contributed by atoms with Crippen molar-refractivity contribution in [1.82, 2.24) is 0 Å². The summed E-state index contributed by atoms with van der Waals surface area (Å²) < 4.78 is 5.16. The van der Waals surface area contributed by atoms with E-state index in [-0.39, 0.29) is 5.41 Å². The van der Waals surface area contributed by atoms with Crippen LogP contribution in [-0.4, -0.2) is 19.6 Å². The fraction of sp³-hybridized carbons (Fsp3) is 0.438. The second kappa shape index (κ2) is 4.72. The Hall–Kier alpha value is -1.77. The van der Waals surface area contributed by atoms with E-state index in [1.807, 2.05) is 29.2 Å². The number of rotatable bonds is 2. The number of allylic oxidation sites excluding steroid dienone is 2. The predicted molar refractivity (Wildman–Crippen MR) is 75.4 cm³/mol. The molecule has 1 atom stereocenters. The Morgan fingerprint density at radius 3 is 2.58 bits per heavy atom. The molecular weight excluding hydrogens is 238 g/mol. The summed E-state index contributed by atoms with van der Waals surface area (Å²) in [7, 11) is 1.65. The zero-order valence-electron chi connectivity index (χ0n) is 11.3. The minimum atomic E-state index is -0.130. The van der Waals surface area contributed by atoms with E-state index in [1.165, 1.54) is 0 Å². The third kappa shape index (κ3) is 2.03. The lowest BCUT2D eigenvalue weighted by molar-refractivity contribution is -0.125. The van der Waals surface area contributed by atoms with E-state index in [4.69, 9.17) is 4.74 Å². The Bertz CT molecular complexity index is 506. The molecule has 3 heteroatoms. The number of ether oxygens (including phenoxy) is 1. The van der Waals surface area contributed by atoms with E-state index in [2.05, 4.69) is 12.2 Å². The molecule has 0 aromatic heterocycles. The standard InChI is InChI=1S/C16H19NO2/c1-19-14-7-5-13(6-8-14)17-12-11-16(15(17)18)9-3-2-4-10-16/h2-3,5-8H,4,9-12H2,1H3. The Morgan fingerprint density at radius 2 is 1.95 bits per heavy atom. The van der Waals surface area contributed by atoms with E-state index in [0.29, 0.717) is 5.91 Å². The molecule has 1 unspecified atom stereocenters. The average Bonchev–Trinajstić information content (AvgIpc) is 2.77. The molecule has 1 aromatic rings. The smallest absolute Gasteiger partial charge is 0.233 e. The summed E-state index contributed by atoms with van der Waals surface area (Å²) in [5.74, 6) is 1.12. The van der Waals surface area contributed by atoms with Gasteiger partial charge < -0.3 is 9.64 Å². The van der Waals surface area contributed by atoms with Crippen LogP contribution in [0.25, 0.3) is 0 Å². The maximum absolute atomic E-state index is 12.7. The number of nitrogens with zero attached hydrogens (tertiary/aromatic N) is 1. The molecular formula is C16H19NO2. The highest BCUT2D eigenvalue weighted by atomic mass is 16.5. The fourth-order valence-corrected chi connectivity index (χ4v) is 3.14. The fourth-order valence-electron chi connectivity index (χ4n) is 3.14. The zero-order valence-corrected chi connectivity index (χ0v) is 11.3. The molecule has 1 aliphatic heterocycles. The van der Waals surface area contributed by atoms with Crippen molar-refractivity contribution in [2.45, 2.75) is 25.7 Å². The van der Waals surface area contributed by atoms with Crippen molar-refractivity contribution < 1.29 is 9.53 Å². The van der Waals surface area contributed by atoms with Gasteiger partial charge in [-0.15, -0.1) is 0 Å². The number of hydrogen-bond donors (Lipinski definition) is 0. The van der Waals surface area contributed by atoms with Gasteiger partial charge in [0, 0.05) is 12.2 Å². The Balaban J connectivity index is 1.83. The highest BCUT2D eigenvalue weighted by Crippen LogP contribution is 2.43. The Kier molecular flexibility index (Phi) is 3.05. The van der Waals surface area contributed by atoms with E-state index >= 15 is 0 Å². The van der Waals surface area contributed by atoms with Crippen molar-refractivity contribution in [1.29, 1.82) is 0 Å². The summed E-state index contributed by atoms with van der Waals surface area (Å²) in [4.78, 5) is 14.6. The SMILES string of the molecule is COc1ccc(N2CCC3(CC=CCC3)C2=O)cc1. The van der Waals surface area contributed by atoms with Gasteiger partial charge in [-0.2, -0.15) is 0 Å². The molecule has 3 rings (SSSR count). The van der Waals surface area contributed by atoms with Crippen LogP contribution in [0.15, 0.2) is 36.4 Å². The van der Waals surface area contributed by atoms with Gasteiger partial charge in [0.05, 0.1) is 12.5 Å². The Morgan fingerprint density at radius 1 is 1.16 bits per heavy atom. The molecule has 0 saturated carbocycles. The molecule has 1 aromatic carbocycles. The predicted octanol–water partition coefficient (Wildman–Crippen LogP) is 3.16. The van der Waals surface area contributed by atoms with Crippen molar-refractivity contribution in [2.75, 3.05) is 18.6 Å². The van der Waals surface area contributed by atoms with Crippen LogP contribution in [0.4, 0.5) is 5.69 Å².